The van der Waals surface area contributed by atoms with Crippen molar-refractivity contribution in [2.45, 2.75) is 64.7 Å². The van der Waals surface area contributed by atoms with Crippen molar-refractivity contribution >= 4 is 11.9 Å². The van der Waals surface area contributed by atoms with Gasteiger partial charge in [-0.1, -0.05) is 0 Å². The summed E-state index contributed by atoms with van der Waals surface area (Å²) in [6, 6.07) is 0. The van der Waals surface area contributed by atoms with Crippen LogP contribution in [0, 0.1) is 11.8 Å². The quantitative estimate of drug-likeness (QED) is 0.557. The van der Waals surface area contributed by atoms with E-state index in [-0.39, 0.29) is 0 Å². The minimum atomic E-state index is -4.64. The zero-order valence-corrected chi connectivity index (χ0v) is 13.3. The van der Waals surface area contributed by atoms with Crippen molar-refractivity contribution in [3.8, 4) is 0 Å². The second kappa shape index (κ2) is 7.44. The van der Waals surface area contributed by atoms with E-state index in [0.717, 1.165) is 0 Å². The van der Waals surface area contributed by atoms with Crippen LogP contribution < -0.4 is 0 Å². The van der Waals surface area contributed by atoms with E-state index in [1.807, 2.05) is 0 Å². The molecular formula is C14H21F5O4. The number of aliphatic carboxylic acids is 1. The molecule has 0 aromatic carbocycles. The number of carboxylic acid groups (broad SMARTS) is 1. The van der Waals surface area contributed by atoms with Gasteiger partial charge in [-0.15, -0.1) is 0 Å². The summed E-state index contributed by atoms with van der Waals surface area (Å²) in [5.74, 6) is -10.2. The third-order valence-corrected chi connectivity index (χ3v) is 2.83. The first-order valence-corrected chi connectivity index (χ1v) is 6.92. The highest BCUT2D eigenvalue weighted by molar-refractivity contribution is 5.81. The van der Waals surface area contributed by atoms with E-state index < -0.39 is 60.7 Å². The maximum absolute atomic E-state index is 13.1. The number of carbonyl (C=O) groups excluding carboxylic acids is 1. The Labute approximate surface area is 131 Å². The summed E-state index contributed by atoms with van der Waals surface area (Å²) in [6.45, 7) is 4.76. The smallest absolute Gasteiger partial charge is 0.389 e. The molecule has 23 heavy (non-hydrogen) atoms. The van der Waals surface area contributed by atoms with Crippen molar-refractivity contribution in [3.05, 3.63) is 0 Å². The highest BCUT2D eigenvalue weighted by atomic mass is 19.4. The van der Waals surface area contributed by atoms with Crippen molar-refractivity contribution in [1.82, 2.24) is 0 Å². The van der Waals surface area contributed by atoms with Crippen LogP contribution in [0.1, 0.15) is 47.0 Å². The van der Waals surface area contributed by atoms with E-state index in [9.17, 15) is 31.5 Å². The van der Waals surface area contributed by atoms with Gasteiger partial charge in [0.15, 0.2) is 0 Å². The molecule has 4 nitrogen and oxygen atoms in total. The number of ether oxygens (including phenoxy) is 1. The van der Waals surface area contributed by atoms with Gasteiger partial charge in [0.1, 0.15) is 5.60 Å². The Hall–Kier alpha value is -1.41. The van der Waals surface area contributed by atoms with Crippen LogP contribution in [0.3, 0.4) is 0 Å². The zero-order chi connectivity index (χ0) is 18.6. The normalized spacial score (nSPS) is 15.9. The molecule has 0 radical (unpaired) electrons. The fraction of sp³-hybridized carbons (Fsp3) is 0.857. The molecule has 136 valence electrons. The third-order valence-electron chi connectivity index (χ3n) is 2.83. The molecule has 0 aliphatic heterocycles. The van der Waals surface area contributed by atoms with Crippen molar-refractivity contribution in [2.75, 3.05) is 0 Å². The summed E-state index contributed by atoms with van der Waals surface area (Å²) >= 11 is 0. The Morgan fingerprint density at radius 2 is 1.48 bits per heavy atom. The topological polar surface area (TPSA) is 63.6 Å². The predicted molar refractivity (Wildman–Crippen MR) is 71.0 cm³/mol. The lowest BCUT2D eigenvalue weighted by Crippen LogP contribution is -2.38. The van der Waals surface area contributed by atoms with Crippen LogP contribution in [0.2, 0.25) is 0 Å². The molecule has 0 aromatic heterocycles. The lowest BCUT2D eigenvalue weighted by Gasteiger charge is -2.28. The average molecular weight is 348 g/mol. The highest BCUT2D eigenvalue weighted by Gasteiger charge is 2.43. The molecule has 0 amide bonds. The second-order valence-electron chi connectivity index (χ2n) is 6.51. The SMILES string of the molecule is CC(F)(F)C[C@@H](C(=O)O)C(CCC(F)(F)F)C(=O)OC(C)(C)C. The monoisotopic (exact) mass is 348 g/mol. The molecule has 1 unspecified atom stereocenters. The predicted octanol–water partition coefficient (Wildman–Crippen LogP) is 4.03. The molecule has 0 spiro atoms. The fourth-order valence-corrected chi connectivity index (χ4v) is 1.97. The molecule has 0 aromatic rings. The van der Waals surface area contributed by atoms with E-state index >= 15 is 0 Å². The first-order chi connectivity index (χ1) is 10.0. The van der Waals surface area contributed by atoms with E-state index in [1.165, 1.54) is 20.8 Å². The molecule has 0 bridgehead atoms. The summed E-state index contributed by atoms with van der Waals surface area (Å²) in [7, 11) is 0. The van der Waals surface area contributed by atoms with E-state index in [0.29, 0.717) is 6.92 Å². The maximum atomic E-state index is 13.1. The van der Waals surface area contributed by atoms with E-state index in [2.05, 4.69) is 0 Å². The molecule has 0 fully saturated rings. The van der Waals surface area contributed by atoms with Crippen LogP contribution in [0.25, 0.3) is 0 Å². The Balaban J connectivity index is 5.42. The largest absolute Gasteiger partial charge is 0.481 e. The van der Waals surface area contributed by atoms with Gasteiger partial charge in [0.05, 0.1) is 11.8 Å². The van der Waals surface area contributed by atoms with Crippen LogP contribution in [-0.2, 0) is 14.3 Å². The molecule has 0 heterocycles. The van der Waals surface area contributed by atoms with E-state index in [4.69, 9.17) is 9.84 Å². The summed E-state index contributed by atoms with van der Waals surface area (Å²) in [6.07, 6.45) is -8.27. The molecule has 0 aliphatic rings. The van der Waals surface area contributed by atoms with Crippen molar-refractivity contribution in [1.29, 1.82) is 0 Å². The first kappa shape index (κ1) is 21.6. The van der Waals surface area contributed by atoms with Crippen LogP contribution in [-0.4, -0.2) is 34.7 Å². The van der Waals surface area contributed by atoms with Crippen LogP contribution in [0.5, 0.6) is 0 Å². The lowest BCUT2D eigenvalue weighted by molar-refractivity contribution is -0.173. The zero-order valence-electron chi connectivity index (χ0n) is 13.3. The molecule has 2 atom stereocenters. The number of rotatable bonds is 7. The molecule has 9 heteroatoms. The molecule has 0 aliphatic carbocycles. The number of hydrogen-bond acceptors (Lipinski definition) is 3. The highest BCUT2D eigenvalue weighted by Crippen LogP contribution is 2.34. The number of hydrogen-bond donors (Lipinski definition) is 1. The average Bonchev–Trinajstić information content (AvgIpc) is 2.21. The van der Waals surface area contributed by atoms with Gasteiger partial charge in [-0.05, 0) is 34.1 Å². The second-order valence-corrected chi connectivity index (χ2v) is 6.51. The van der Waals surface area contributed by atoms with Crippen molar-refractivity contribution < 1.29 is 41.4 Å². The fourth-order valence-electron chi connectivity index (χ4n) is 1.97. The summed E-state index contributed by atoms with van der Waals surface area (Å²) < 4.78 is 68.3. The number of carbonyl (C=O) groups is 2. The van der Waals surface area contributed by atoms with Crippen molar-refractivity contribution in [2.24, 2.45) is 11.8 Å². The number of halogens is 5. The van der Waals surface area contributed by atoms with Gasteiger partial charge in [-0.25, -0.2) is 8.78 Å². The Morgan fingerprint density at radius 1 is 1.00 bits per heavy atom. The van der Waals surface area contributed by atoms with Gasteiger partial charge < -0.3 is 9.84 Å². The Kier molecular flexibility index (Phi) is 6.98. The van der Waals surface area contributed by atoms with Gasteiger partial charge in [-0.3, -0.25) is 9.59 Å². The Morgan fingerprint density at radius 3 is 1.78 bits per heavy atom. The lowest BCUT2D eigenvalue weighted by atomic mass is 9.84. The minimum Gasteiger partial charge on any atom is -0.481 e. The number of carboxylic acids is 1. The van der Waals surface area contributed by atoms with Gasteiger partial charge >= 0.3 is 18.1 Å². The third kappa shape index (κ3) is 10.1. The summed E-state index contributed by atoms with van der Waals surface area (Å²) in [5.41, 5.74) is -1.08. The van der Waals surface area contributed by atoms with Crippen molar-refractivity contribution in [3.63, 3.8) is 0 Å². The first-order valence-electron chi connectivity index (χ1n) is 6.92. The molecular weight excluding hydrogens is 327 g/mol. The summed E-state index contributed by atoms with van der Waals surface area (Å²) in [5, 5.41) is 9.06. The van der Waals surface area contributed by atoms with Gasteiger partial charge in [0, 0.05) is 12.8 Å². The van der Waals surface area contributed by atoms with Gasteiger partial charge in [-0.2, -0.15) is 13.2 Å². The van der Waals surface area contributed by atoms with E-state index in [1.54, 1.807) is 0 Å². The minimum absolute atomic E-state index is 0.443. The molecule has 0 saturated carbocycles. The molecule has 1 N–H and O–H groups in total. The number of esters is 1. The standard InChI is InChI=1S/C14H21F5O4/c1-12(2,3)23-11(22)8(5-6-14(17,18)19)9(10(20)21)7-13(4,15)16/h8-9H,5-7H2,1-4H3,(H,20,21)/t8?,9-/m1/s1. The Bertz CT molecular complexity index is 420. The van der Waals surface area contributed by atoms with Crippen LogP contribution in [0.4, 0.5) is 22.0 Å². The summed E-state index contributed by atoms with van der Waals surface area (Å²) in [4.78, 5) is 23.2. The maximum Gasteiger partial charge on any atom is 0.389 e. The molecule has 0 saturated heterocycles. The van der Waals surface area contributed by atoms with Crippen LogP contribution in [0.15, 0.2) is 0 Å². The van der Waals surface area contributed by atoms with Gasteiger partial charge in [0.25, 0.3) is 0 Å². The molecule has 0 rings (SSSR count). The number of alkyl halides is 5. The van der Waals surface area contributed by atoms with Crippen LogP contribution >= 0.6 is 0 Å². The van der Waals surface area contributed by atoms with Gasteiger partial charge in [0.2, 0.25) is 5.92 Å².